The molecule has 0 atom stereocenters. The number of hydrogen-bond acceptors (Lipinski definition) is 1. The lowest BCUT2D eigenvalue weighted by Gasteiger charge is -2.27. The van der Waals surface area contributed by atoms with Crippen LogP contribution in [0, 0.1) is 6.92 Å². The Morgan fingerprint density at radius 3 is 2.25 bits per heavy atom. The van der Waals surface area contributed by atoms with Crippen molar-refractivity contribution in [2.24, 2.45) is 7.05 Å². The van der Waals surface area contributed by atoms with Gasteiger partial charge in [-0.15, -0.1) is 0 Å². The summed E-state index contributed by atoms with van der Waals surface area (Å²) in [5.41, 5.74) is 7.48. The summed E-state index contributed by atoms with van der Waals surface area (Å²) in [7, 11) is 2.15. The smallest absolute Gasteiger partial charge is 0.228 e. The quantitative estimate of drug-likeness (QED) is 0.183. The van der Waals surface area contributed by atoms with E-state index in [4.69, 9.17) is 4.74 Å². The zero-order chi connectivity index (χ0) is 24.6. The van der Waals surface area contributed by atoms with Gasteiger partial charge in [0.15, 0.2) is 6.20 Å². The molecule has 0 amide bonds. The van der Waals surface area contributed by atoms with Gasteiger partial charge in [-0.3, -0.25) is 0 Å². The third kappa shape index (κ3) is 2.88. The number of hydrogen-bond donors (Lipinski definition) is 0. The average Bonchev–Trinajstić information content (AvgIpc) is 2.90. The van der Waals surface area contributed by atoms with E-state index in [2.05, 4.69) is 124 Å². The fourth-order valence-electron chi connectivity index (χ4n) is 6.12. The van der Waals surface area contributed by atoms with Crippen molar-refractivity contribution in [1.82, 2.24) is 0 Å². The molecule has 0 fully saturated rings. The minimum Gasteiger partial charge on any atom is -0.455 e. The molecule has 0 N–H and O–H groups in total. The van der Waals surface area contributed by atoms with E-state index in [0.29, 0.717) is 5.92 Å². The van der Waals surface area contributed by atoms with Gasteiger partial charge < -0.3 is 4.74 Å². The van der Waals surface area contributed by atoms with E-state index in [1.807, 2.05) is 0 Å². The number of aryl methyl sites for hydroxylation is 2. The Labute approximate surface area is 211 Å². The van der Waals surface area contributed by atoms with Crippen molar-refractivity contribution in [3.8, 4) is 33.9 Å². The summed E-state index contributed by atoms with van der Waals surface area (Å²) in [5, 5.41) is 7.47. The van der Waals surface area contributed by atoms with Crippen LogP contribution < -0.4 is 9.30 Å². The highest BCUT2D eigenvalue weighted by Gasteiger charge is 2.33. The second kappa shape index (κ2) is 7.66. The lowest BCUT2D eigenvalue weighted by molar-refractivity contribution is -0.659. The number of rotatable bonds is 2. The minimum atomic E-state index is 0.337. The molecule has 0 spiro atoms. The molecule has 1 aliphatic heterocycles. The van der Waals surface area contributed by atoms with E-state index in [1.165, 1.54) is 65.8 Å². The molecule has 0 radical (unpaired) electrons. The highest BCUT2D eigenvalue weighted by molar-refractivity contribution is 6.17. The molecule has 7 rings (SSSR count). The zero-order valence-electron chi connectivity index (χ0n) is 21.1. The monoisotopic (exact) mass is 466 g/mol. The third-order valence-corrected chi connectivity index (χ3v) is 7.80. The first-order valence-corrected chi connectivity index (χ1v) is 12.7. The Bertz CT molecular complexity index is 1850. The molecule has 0 saturated carbocycles. The maximum absolute atomic E-state index is 6.90. The van der Waals surface area contributed by atoms with Crippen molar-refractivity contribution in [1.29, 1.82) is 0 Å². The molecular formula is C34H28NO+. The summed E-state index contributed by atoms with van der Waals surface area (Å²) in [6.07, 6.45) is 2.20. The van der Waals surface area contributed by atoms with E-state index in [-0.39, 0.29) is 0 Å². The fraction of sp³-hybridized carbons (Fsp3) is 0.147. The lowest BCUT2D eigenvalue weighted by atomic mass is 9.85. The Morgan fingerprint density at radius 2 is 1.47 bits per heavy atom. The maximum Gasteiger partial charge on any atom is 0.228 e. The van der Waals surface area contributed by atoms with Crippen molar-refractivity contribution in [2.45, 2.75) is 26.7 Å². The van der Waals surface area contributed by atoms with Crippen LogP contribution in [0.1, 0.15) is 30.9 Å². The number of benzene rings is 5. The van der Waals surface area contributed by atoms with E-state index in [0.717, 1.165) is 11.5 Å². The van der Waals surface area contributed by atoms with Crippen molar-refractivity contribution >= 4 is 32.3 Å². The summed E-state index contributed by atoms with van der Waals surface area (Å²) in [6.45, 7) is 6.78. The summed E-state index contributed by atoms with van der Waals surface area (Å²) in [4.78, 5) is 0. The van der Waals surface area contributed by atoms with E-state index < -0.39 is 0 Å². The molecule has 0 aliphatic carbocycles. The maximum atomic E-state index is 6.90. The Balaban J connectivity index is 1.62. The van der Waals surface area contributed by atoms with Gasteiger partial charge in [0.25, 0.3) is 0 Å². The Morgan fingerprint density at radius 1 is 0.722 bits per heavy atom. The van der Waals surface area contributed by atoms with Gasteiger partial charge in [0.2, 0.25) is 5.69 Å². The molecular weight excluding hydrogens is 438 g/mol. The molecule has 6 aromatic rings. The second-order valence-corrected chi connectivity index (χ2v) is 10.3. The standard InChI is InChI=1S/C34H28NO/c1-20(2)30-26-13-9-8-12-25(26)21(3)31-33-32-27(16-17-35(33)4)28-18-23(22-10-6-5-7-11-22)14-15-24(28)19-29(32)36-34(30)31/h5-20H,1-4H3/q+1. The first-order chi connectivity index (χ1) is 17.5. The van der Waals surface area contributed by atoms with Crippen LogP contribution in [0.15, 0.2) is 91.1 Å². The van der Waals surface area contributed by atoms with E-state index >= 15 is 0 Å². The summed E-state index contributed by atoms with van der Waals surface area (Å²) in [5.74, 6) is 2.29. The Hall–Kier alpha value is -4.17. The summed E-state index contributed by atoms with van der Waals surface area (Å²) >= 11 is 0. The SMILES string of the molecule is Cc1c2c(c(C(C)C)c3ccccc13)Oc1cc3ccc(-c4ccccc4)cc3c3cc[n+](C)c-2c13. The number of ether oxygens (including phenoxy) is 1. The summed E-state index contributed by atoms with van der Waals surface area (Å²) < 4.78 is 9.17. The first-order valence-electron chi connectivity index (χ1n) is 12.7. The fourth-order valence-corrected chi connectivity index (χ4v) is 6.12. The van der Waals surface area contributed by atoms with Gasteiger partial charge in [0, 0.05) is 17.0 Å². The topological polar surface area (TPSA) is 13.1 Å². The molecule has 2 heteroatoms. The van der Waals surface area contributed by atoms with Crippen LogP contribution in [0.25, 0.3) is 54.7 Å². The van der Waals surface area contributed by atoms with Gasteiger partial charge in [-0.25, -0.2) is 4.57 Å². The molecule has 0 bridgehead atoms. The van der Waals surface area contributed by atoms with Crippen LogP contribution in [0.2, 0.25) is 0 Å². The highest BCUT2D eigenvalue weighted by atomic mass is 16.5. The van der Waals surface area contributed by atoms with Crippen molar-refractivity contribution in [3.63, 3.8) is 0 Å². The van der Waals surface area contributed by atoms with Gasteiger partial charge in [0.05, 0.1) is 10.9 Å². The molecule has 0 saturated heterocycles. The van der Waals surface area contributed by atoms with Crippen molar-refractivity contribution < 1.29 is 9.30 Å². The largest absolute Gasteiger partial charge is 0.455 e. The minimum absolute atomic E-state index is 0.337. The van der Waals surface area contributed by atoms with Gasteiger partial charge in [-0.1, -0.05) is 80.6 Å². The van der Waals surface area contributed by atoms with Crippen LogP contribution in [-0.2, 0) is 7.05 Å². The van der Waals surface area contributed by atoms with Crippen LogP contribution in [-0.4, -0.2) is 0 Å². The predicted octanol–water partition coefficient (Wildman–Crippen LogP) is 8.84. The molecule has 5 aromatic carbocycles. The van der Waals surface area contributed by atoms with Gasteiger partial charge in [-0.05, 0) is 63.2 Å². The number of fused-ring (bicyclic) bond motifs is 5. The second-order valence-electron chi connectivity index (χ2n) is 10.3. The first kappa shape index (κ1) is 21.1. The zero-order valence-corrected chi connectivity index (χ0v) is 21.1. The molecule has 2 nitrogen and oxygen atoms in total. The molecule has 1 aromatic heterocycles. The van der Waals surface area contributed by atoms with Crippen LogP contribution in [0.3, 0.4) is 0 Å². The average molecular weight is 467 g/mol. The summed E-state index contributed by atoms with van der Waals surface area (Å²) in [6, 6.07) is 30.6. The van der Waals surface area contributed by atoms with Crippen LogP contribution in [0.4, 0.5) is 0 Å². The normalized spacial score (nSPS) is 12.4. The predicted molar refractivity (Wildman–Crippen MR) is 150 cm³/mol. The molecule has 2 heterocycles. The van der Waals surface area contributed by atoms with Crippen molar-refractivity contribution in [3.05, 3.63) is 102 Å². The highest BCUT2D eigenvalue weighted by Crippen LogP contribution is 2.53. The lowest BCUT2D eigenvalue weighted by Crippen LogP contribution is -2.32. The third-order valence-electron chi connectivity index (χ3n) is 7.80. The molecule has 0 unspecified atom stereocenters. The van der Waals surface area contributed by atoms with Gasteiger partial charge >= 0.3 is 0 Å². The number of pyridine rings is 1. The van der Waals surface area contributed by atoms with E-state index in [9.17, 15) is 0 Å². The molecule has 36 heavy (non-hydrogen) atoms. The van der Waals surface area contributed by atoms with E-state index in [1.54, 1.807) is 0 Å². The van der Waals surface area contributed by atoms with Gasteiger partial charge in [-0.2, -0.15) is 0 Å². The van der Waals surface area contributed by atoms with Crippen LogP contribution in [0.5, 0.6) is 11.5 Å². The molecule has 174 valence electrons. The molecule has 1 aliphatic rings. The number of aromatic nitrogens is 1. The Kier molecular flexibility index (Phi) is 4.50. The number of nitrogens with zero attached hydrogens (tertiary/aromatic N) is 1. The van der Waals surface area contributed by atoms with Gasteiger partial charge in [0.1, 0.15) is 18.5 Å². The van der Waals surface area contributed by atoms with Crippen molar-refractivity contribution in [2.75, 3.05) is 0 Å². The van der Waals surface area contributed by atoms with Crippen LogP contribution >= 0.6 is 0 Å².